The van der Waals surface area contributed by atoms with Crippen LogP contribution in [0.15, 0.2) is 36.4 Å². The summed E-state index contributed by atoms with van der Waals surface area (Å²) in [6.07, 6.45) is -5.94. The van der Waals surface area contributed by atoms with Gasteiger partial charge in [-0.2, -0.15) is 13.2 Å². The van der Waals surface area contributed by atoms with Crippen molar-refractivity contribution in [2.75, 3.05) is 0 Å². The third kappa shape index (κ3) is 7.36. The fourth-order valence-corrected chi connectivity index (χ4v) is 4.94. The largest absolute Gasteiger partial charge is 0.392 e. The van der Waals surface area contributed by atoms with E-state index >= 15 is 0 Å². The number of carbonyl (C=O) groups is 2. The molecule has 0 aliphatic heterocycles. The number of hydrogen-bond donors (Lipinski definition) is 3. The van der Waals surface area contributed by atoms with Crippen molar-refractivity contribution in [2.24, 2.45) is 11.8 Å². The molecule has 1 aliphatic carbocycles. The number of nitrogens with zero attached hydrogens (tertiary/aromatic N) is 1. The topological polar surface area (TPSA) is 86.9 Å². The van der Waals surface area contributed by atoms with Gasteiger partial charge in [0.1, 0.15) is 17.5 Å². The van der Waals surface area contributed by atoms with Crippen molar-refractivity contribution in [1.29, 1.82) is 0 Å². The number of amides is 2. The Morgan fingerprint density at radius 3 is 2.39 bits per heavy atom. The summed E-state index contributed by atoms with van der Waals surface area (Å²) in [5.74, 6) is -8.40. The molecule has 0 spiro atoms. The van der Waals surface area contributed by atoms with E-state index in [4.69, 9.17) is 0 Å². The molecular formula is C28H29F7N4O2. The normalized spacial score (nSPS) is 18.1. The lowest BCUT2D eigenvalue weighted by Gasteiger charge is -2.33. The fraction of sp³-hybridized carbons (Fsp3) is 0.464. The minimum absolute atomic E-state index is 0.0469. The first kappa shape index (κ1) is 30.3. The van der Waals surface area contributed by atoms with Gasteiger partial charge in [-0.05, 0) is 61.6 Å². The molecule has 1 heterocycles. The molecule has 0 saturated heterocycles. The molecule has 1 aliphatic rings. The van der Waals surface area contributed by atoms with Gasteiger partial charge in [0.2, 0.25) is 11.8 Å². The lowest BCUT2D eigenvalue weighted by molar-refractivity contribution is -0.174. The smallest absolute Gasteiger partial charge is 0.350 e. The molecule has 1 saturated carbocycles. The first-order valence-electron chi connectivity index (χ1n) is 13.1. The van der Waals surface area contributed by atoms with E-state index in [-0.39, 0.29) is 18.7 Å². The number of benzene rings is 2. The molecule has 3 N–H and O–H groups in total. The molecule has 0 bridgehead atoms. The van der Waals surface area contributed by atoms with Crippen molar-refractivity contribution in [3.05, 3.63) is 65.0 Å². The molecule has 1 fully saturated rings. The van der Waals surface area contributed by atoms with Crippen molar-refractivity contribution in [3.63, 3.8) is 0 Å². The van der Waals surface area contributed by atoms with Crippen LogP contribution in [0.3, 0.4) is 0 Å². The zero-order valence-electron chi connectivity index (χ0n) is 22.2. The Morgan fingerprint density at radius 1 is 1.05 bits per heavy atom. The monoisotopic (exact) mass is 586 g/mol. The first-order chi connectivity index (χ1) is 19.1. The molecule has 222 valence electrons. The highest BCUT2D eigenvalue weighted by atomic mass is 19.4. The summed E-state index contributed by atoms with van der Waals surface area (Å²) >= 11 is 0. The molecule has 2 aromatic carbocycles. The summed E-state index contributed by atoms with van der Waals surface area (Å²) in [6.45, 7) is 2.53. The van der Waals surface area contributed by atoms with Crippen molar-refractivity contribution in [1.82, 2.24) is 20.6 Å². The van der Waals surface area contributed by atoms with Crippen molar-refractivity contribution in [3.8, 4) is 0 Å². The third-order valence-corrected chi connectivity index (χ3v) is 7.44. The van der Waals surface area contributed by atoms with E-state index < -0.39 is 84.3 Å². The van der Waals surface area contributed by atoms with Gasteiger partial charge >= 0.3 is 6.18 Å². The standard InChI is InChI=1S/C28H29F7N4O2/c1-14(28(33,34)35)11-23(40)36-15(2)17-3-6-21-22(12-17)38-25(37-21)24(16-7-9-27(31,32)10-8-16)39-26(41)19-13-18(29)4-5-20(19)30/h3-6,12-16,24H,7-11H2,1-2H3,(H,36,40)(H,37,38)(H,39,41)/t14-,15+,24-/m0/s1. The molecule has 41 heavy (non-hydrogen) atoms. The summed E-state index contributed by atoms with van der Waals surface area (Å²) in [4.78, 5) is 32.7. The first-order valence-corrected chi connectivity index (χ1v) is 13.1. The van der Waals surface area contributed by atoms with Gasteiger partial charge in [0.25, 0.3) is 5.91 Å². The van der Waals surface area contributed by atoms with Gasteiger partial charge in [0.15, 0.2) is 0 Å². The van der Waals surface area contributed by atoms with Gasteiger partial charge in [-0.1, -0.05) is 13.0 Å². The van der Waals surface area contributed by atoms with Crippen LogP contribution >= 0.6 is 0 Å². The van der Waals surface area contributed by atoms with E-state index in [1.54, 1.807) is 25.1 Å². The number of rotatable bonds is 8. The maximum atomic E-state index is 14.3. The third-order valence-electron chi connectivity index (χ3n) is 7.44. The summed E-state index contributed by atoms with van der Waals surface area (Å²) in [7, 11) is 0. The molecule has 0 radical (unpaired) electrons. The highest BCUT2D eigenvalue weighted by molar-refractivity contribution is 5.94. The second-order valence-electron chi connectivity index (χ2n) is 10.6. The number of fused-ring (bicyclic) bond motifs is 1. The summed E-state index contributed by atoms with van der Waals surface area (Å²) in [6, 6.07) is 5.70. The maximum absolute atomic E-state index is 14.3. The van der Waals surface area contributed by atoms with Crippen LogP contribution in [0, 0.1) is 23.5 Å². The Bertz CT molecular complexity index is 1410. The van der Waals surface area contributed by atoms with E-state index in [0.29, 0.717) is 16.6 Å². The Hall–Kier alpha value is -3.64. The van der Waals surface area contributed by atoms with E-state index in [1.807, 2.05) is 0 Å². The fourth-order valence-electron chi connectivity index (χ4n) is 4.94. The number of halogens is 7. The summed E-state index contributed by atoms with van der Waals surface area (Å²) in [5.41, 5.74) is 0.907. The number of nitrogens with one attached hydrogen (secondary N) is 3. The van der Waals surface area contributed by atoms with E-state index in [2.05, 4.69) is 20.6 Å². The Morgan fingerprint density at radius 2 is 1.73 bits per heavy atom. The van der Waals surface area contributed by atoms with Crippen LogP contribution < -0.4 is 10.6 Å². The molecule has 2 amide bonds. The van der Waals surface area contributed by atoms with Crippen molar-refractivity contribution < 1.29 is 40.3 Å². The predicted molar refractivity (Wildman–Crippen MR) is 136 cm³/mol. The molecular weight excluding hydrogens is 557 g/mol. The average Bonchev–Trinajstić information content (AvgIpc) is 3.31. The number of imidazole rings is 1. The van der Waals surface area contributed by atoms with Crippen LogP contribution in [0.4, 0.5) is 30.7 Å². The van der Waals surface area contributed by atoms with Crippen LogP contribution in [-0.4, -0.2) is 33.9 Å². The van der Waals surface area contributed by atoms with Crippen molar-refractivity contribution >= 4 is 22.8 Å². The van der Waals surface area contributed by atoms with Crippen LogP contribution in [0.2, 0.25) is 0 Å². The lowest BCUT2D eigenvalue weighted by Crippen LogP contribution is -2.38. The van der Waals surface area contributed by atoms with Gasteiger partial charge in [-0.3, -0.25) is 9.59 Å². The van der Waals surface area contributed by atoms with Crippen LogP contribution in [0.1, 0.15) is 79.8 Å². The number of hydrogen-bond acceptors (Lipinski definition) is 3. The lowest BCUT2D eigenvalue weighted by atomic mass is 9.81. The van der Waals surface area contributed by atoms with Gasteiger partial charge in [0.05, 0.1) is 34.6 Å². The SMILES string of the molecule is C[C@@H](NC(=O)C[C@H](C)C(F)(F)F)c1ccc2nc([C@@H](NC(=O)c3cc(F)ccc3F)C3CCC(F)(F)CC3)[nH]c2c1. The Balaban J connectivity index is 1.58. The zero-order valence-corrected chi connectivity index (χ0v) is 22.2. The molecule has 1 aromatic heterocycles. The zero-order chi connectivity index (χ0) is 30.1. The van der Waals surface area contributed by atoms with Crippen LogP contribution in [0.5, 0.6) is 0 Å². The molecule has 6 nitrogen and oxygen atoms in total. The minimum Gasteiger partial charge on any atom is -0.350 e. The summed E-state index contributed by atoms with van der Waals surface area (Å²) in [5, 5.41) is 5.18. The highest BCUT2D eigenvalue weighted by Gasteiger charge is 2.40. The second kappa shape index (κ2) is 11.7. The van der Waals surface area contributed by atoms with Crippen LogP contribution in [0.25, 0.3) is 11.0 Å². The Kier molecular flexibility index (Phi) is 8.65. The van der Waals surface area contributed by atoms with Gasteiger partial charge in [-0.15, -0.1) is 0 Å². The van der Waals surface area contributed by atoms with Gasteiger partial charge < -0.3 is 15.6 Å². The molecule has 4 rings (SSSR count). The Labute approximate surface area is 231 Å². The number of carbonyl (C=O) groups excluding carboxylic acids is 2. The maximum Gasteiger partial charge on any atom is 0.392 e. The van der Waals surface area contributed by atoms with E-state index in [0.717, 1.165) is 25.1 Å². The minimum atomic E-state index is -4.49. The predicted octanol–water partition coefficient (Wildman–Crippen LogP) is 6.90. The van der Waals surface area contributed by atoms with Crippen LogP contribution in [-0.2, 0) is 4.79 Å². The van der Waals surface area contributed by atoms with E-state index in [9.17, 15) is 40.3 Å². The van der Waals surface area contributed by atoms with Gasteiger partial charge in [-0.25, -0.2) is 22.5 Å². The summed E-state index contributed by atoms with van der Waals surface area (Å²) < 4.78 is 94.2. The van der Waals surface area contributed by atoms with Crippen molar-refractivity contribution in [2.45, 2.75) is 70.1 Å². The highest BCUT2D eigenvalue weighted by Crippen LogP contribution is 2.41. The number of aromatic amines is 1. The van der Waals surface area contributed by atoms with Gasteiger partial charge in [0, 0.05) is 19.3 Å². The second-order valence-corrected chi connectivity index (χ2v) is 10.6. The number of aromatic nitrogens is 2. The number of alkyl halides is 5. The van der Waals surface area contributed by atoms with E-state index in [1.165, 1.54) is 0 Å². The quantitative estimate of drug-likeness (QED) is 0.251. The molecule has 13 heteroatoms. The number of H-pyrrole nitrogens is 1. The molecule has 3 aromatic rings. The average molecular weight is 587 g/mol. The molecule has 0 unspecified atom stereocenters. The molecule has 3 atom stereocenters.